The molecule has 4 aromatic rings. The molecule has 0 spiro atoms. The summed E-state index contributed by atoms with van der Waals surface area (Å²) in [4.78, 5) is 16.3. The number of rotatable bonds is 9. The van der Waals surface area contributed by atoms with Crippen molar-refractivity contribution in [3.05, 3.63) is 114 Å². The number of hydrogen-bond donors (Lipinski definition) is 3. The first-order valence-electron chi connectivity index (χ1n) is 10.6. The highest BCUT2D eigenvalue weighted by atomic mass is 32.2. The van der Waals surface area contributed by atoms with Gasteiger partial charge in [0.05, 0.1) is 4.90 Å². The maximum absolute atomic E-state index is 12.8. The highest BCUT2D eigenvalue weighted by molar-refractivity contribution is 7.89. The van der Waals surface area contributed by atoms with Gasteiger partial charge in [-0.05, 0) is 41.5 Å². The van der Waals surface area contributed by atoms with Crippen LogP contribution in [0.3, 0.4) is 0 Å². The Bertz CT molecular complexity index is 1360. The number of benzene rings is 3. The topological polar surface area (TPSA) is 91.1 Å². The maximum atomic E-state index is 12.8. The molecule has 0 radical (unpaired) electrons. The molecular weight excluding hydrogens is 434 g/mol. The highest BCUT2D eigenvalue weighted by Gasteiger charge is 2.20. The molecule has 0 bridgehead atoms. The molecule has 168 valence electrons. The van der Waals surface area contributed by atoms with Gasteiger partial charge in [0.1, 0.15) is 0 Å². The molecule has 1 atom stereocenters. The van der Waals surface area contributed by atoms with Crippen LogP contribution in [-0.4, -0.2) is 32.4 Å². The summed E-state index contributed by atoms with van der Waals surface area (Å²) in [6, 6.07) is 24.0. The van der Waals surface area contributed by atoms with Crippen LogP contribution in [0.25, 0.3) is 10.9 Å². The van der Waals surface area contributed by atoms with Gasteiger partial charge in [0, 0.05) is 41.7 Å². The number of para-hydroxylation sites is 1. The van der Waals surface area contributed by atoms with E-state index in [0.29, 0.717) is 12.1 Å². The number of aromatic amines is 1. The zero-order chi connectivity index (χ0) is 23.3. The zero-order valence-electron chi connectivity index (χ0n) is 18.0. The lowest BCUT2D eigenvalue weighted by molar-refractivity contribution is 0.0952. The van der Waals surface area contributed by atoms with Gasteiger partial charge in [0.2, 0.25) is 10.0 Å². The van der Waals surface area contributed by atoms with Crippen molar-refractivity contribution in [1.82, 2.24) is 15.0 Å². The summed E-state index contributed by atoms with van der Waals surface area (Å²) in [5.74, 6) is -0.312. The largest absolute Gasteiger partial charge is 0.361 e. The molecule has 1 heterocycles. The highest BCUT2D eigenvalue weighted by Crippen LogP contribution is 2.30. The second-order valence-electron chi connectivity index (χ2n) is 7.63. The molecule has 4 rings (SSSR count). The fourth-order valence-electron chi connectivity index (χ4n) is 3.81. The lowest BCUT2D eigenvalue weighted by Crippen LogP contribution is -2.29. The minimum atomic E-state index is -3.63. The van der Waals surface area contributed by atoms with Gasteiger partial charge in [0.25, 0.3) is 5.91 Å². The lowest BCUT2D eigenvalue weighted by Gasteiger charge is -2.18. The third kappa shape index (κ3) is 5.05. The Balaban J connectivity index is 1.54. The third-order valence-corrected chi connectivity index (χ3v) is 6.95. The summed E-state index contributed by atoms with van der Waals surface area (Å²) < 4.78 is 26.9. The van der Waals surface area contributed by atoms with Crippen LogP contribution in [0.4, 0.5) is 0 Å². The van der Waals surface area contributed by atoms with Gasteiger partial charge in [-0.2, -0.15) is 0 Å². The van der Waals surface area contributed by atoms with Crippen molar-refractivity contribution in [2.75, 3.05) is 13.1 Å². The number of hydrogen-bond acceptors (Lipinski definition) is 3. The Hall–Kier alpha value is -3.68. The number of nitrogens with one attached hydrogen (secondary N) is 3. The molecule has 0 aliphatic heterocycles. The van der Waals surface area contributed by atoms with Crippen LogP contribution in [0.1, 0.15) is 27.4 Å². The summed E-state index contributed by atoms with van der Waals surface area (Å²) in [6.45, 7) is 4.04. The Kier molecular flexibility index (Phi) is 6.72. The number of amides is 1. The van der Waals surface area contributed by atoms with Gasteiger partial charge in [0.15, 0.2) is 0 Å². The molecule has 0 aliphatic rings. The van der Waals surface area contributed by atoms with E-state index >= 15 is 0 Å². The molecule has 0 aliphatic carbocycles. The quantitative estimate of drug-likeness (QED) is 0.328. The summed E-state index contributed by atoms with van der Waals surface area (Å²) in [5, 5.41) is 4.12. The maximum Gasteiger partial charge on any atom is 0.251 e. The Morgan fingerprint density at radius 1 is 0.970 bits per heavy atom. The molecule has 6 nitrogen and oxygen atoms in total. The van der Waals surface area contributed by atoms with Crippen molar-refractivity contribution < 1.29 is 13.2 Å². The molecule has 1 unspecified atom stereocenters. The van der Waals surface area contributed by atoms with E-state index in [1.165, 1.54) is 30.3 Å². The normalized spacial score (nSPS) is 12.4. The summed E-state index contributed by atoms with van der Waals surface area (Å²) in [7, 11) is -3.63. The average Bonchev–Trinajstić information content (AvgIpc) is 3.27. The monoisotopic (exact) mass is 459 g/mol. The average molecular weight is 460 g/mol. The van der Waals surface area contributed by atoms with Crippen molar-refractivity contribution in [2.45, 2.75) is 10.8 Å². The van der Waals surface area contributed by atoms with Crippen LogP contribution in [0.2, 0.25) is 0 Å². The zero-order valence-corrected chi connectivity index (χ0v) is 18.8. The Morgan fingerprint density at radius 2 is 1.67 bits per heavy atom. The minimum Gasteiger partial charge on any atom is -0.361 e. The van der Waals surface area contributed by atoms with E-state index < -0.39 is 10.0 Å². The van der Waals surface area contributed by atoms with Crippen LogP contribution < -0.4 is 10.0 Å². The van der Waals surface area contributed by atoms with Gasteiger partial charge < -0.3 is 10.3 Å². The molecule has 1 amide bonds. The SMILES string of the molecule is C=CCNS(=O)(=O)c1ccc(C(=O)NCC(c2ccccc2)c2c[nH]c3ccccc23)cc1. The van der Waals surface area contributed by atoms with Crippen molar-refractivity contribution in [2.24, 2.45) is 0 Å². The van der Waals surface area contributed by atoms with E-state index in [-0.39, 0.29) is 23.3 Å². The van der Waals surface area contributed by atoms with Gasteiger partial charge in [-0.15, -0.1) is 6.58 Å². The second kappa shape index (κ2) is 9.85. The molecule has 0 fully saturated rings. The first kappa shape index (κ1) is 22.5. The third-order valence-electron chi connectivity index (χ3n) is 5.51. The lowest BCUT2D eigenvalue weighted by atomic mass is 9.91. The van der Waals surface area contributed by atoms with Crippen molar-refractivity contribution >= 4 is 26.8 Å². The molecular formula is C26H25N3O3S. The number of aromatic nitrogens is 1. The molecule has 3 N–H and O–H groups in total. The van der Waals surface area contributed by atoms with E-state index in [0.717, 1.165) is 22.0 Å². The predicted molar refractivity (Wildman–Crippen MR) is 131 cm³/mol. The molecule has 0 saturated carbocycles. The summed E-state index contributed by atoms with van der Waals surface area (Å²) in [6.07, 6.45) is 3.46. The van der Waals surface area contributed by atoms with Gasteiger partial charge in [-0.3, -0.25) is 4.79 Å². The number of sulfonamides is 1. The first-order chi connectivity index (χ1) is 16.0. The fourth-order valence-corrected chi connectivity index (χ4v) is 4.81. The summed E-state index contributed by atoms with van der Waals surface area (Å²) >= 11 is 0. The number of carbonyl (C=O) groups excluding carboxylic acids is 1. The molecule has 33 heavy (non-hydrogen) atoms. The predicted octanol–water partition coefficient (Wildman–Crippen LogP) is 4.19. The Labute approximate surface area is 193 Å². The standard InChI is InChI=1S/C26H25N3O3S/c1-2-16-29-33(31,32)21-14-12-20(13-15-21)26(30)28-17-23(19-8-4-3-5-9-19)24-18-27-25-11-7-6-10-22(24)25/h2-15,18,23,27,29H,1,16-17H2,(H,28,30). The van der Waals surface area contributed by atoms with E-state index in [1.54, 1.807) is 0 Å². The first-order valence-corrected chi connectivity index (χ1v) is 12.1. The van der Waals surface area contributed by atoms with E-state index in [1.807, 2.05) is 42.6 Å². The number of H-pyrrole nitrogens is 1. The Morgan fingerprint density at radius 3 is 2.39 bits per heavy atom. The summed E-state index contributed by atoms with van der Waals surface area (Å²) in [5.41, 5.74) is 3.63. The number of carbonyl (C=O) groups is 1. The van der Waals surface area contributed by atoms with E-state index in [9.17, 15) is 13.2 Å². The van der Waals surface area contributed by atoms with Crippen LogP contribution in [0.15, 0.2) is 103 Å². The fraction of sp³-hybridized carbons (Fsp3) is 0.115. The van der Waals surface area contributed by atoms with Crippen molar-refractivity contribution in [3.63, 3.8) is 0 Å². The molecule has 0 saturated heterocycles. The van der Waals surface area contributed by atoms with Gasteiger partial charge in [-0.1, -0.05) is 54.6 Å². The van der Waals surface area contributed by atoms with Crippen LogP contribution >= 0.6 is 0 Å². The smallest absolute Gasteiger partial charge is 0.251 e. The van der Waals surface area contributed by atoms with Crippen LogP contribution in [0.5, 0.6) is 0 Å². The molecule has 7 heteroatoms. The van der Waals surface area contributed by atoms with Gasteiger partial charge in [-0.25, -0.2) is 13.1 Å². The number of fused-ring (bicyclic) bond motifs is 1. The van der Waals surface area contributed by atoms with E-state index in [2.05, 4.69) is 39.8 Å². The second-order valence-corrected chi connectivity index (χ2v) is 9.39. The van der Waals surface area contributed by atoms with E-state index in [4.69, 9.17) is 0 Å². The van der Waals surface area contributed by atoms with Gasteiger partial charge >= 0.3 is 0 Å². The van der Waals surface area contributed by atoms with Crippen LogP contribution in [0, 0.1) is 0 Å². The molecule has 1 aromatic heterocycles. The van der Waals surface area contributed by atoms with Crippen LogP contribution in [-0.2, 0) is 10.0 Å². The minimum absolute atomic E-state index is 0.0472. The van der Waals surface area contributed by atoms with Crippen molar-refractivity contribution in [1.29, 1.82) is 0 Å². The van der Waals surface area contributed by atoms with Crippen molar-refractivity contribution in [3.8, 4) is 0 Å². The molecule has 3 aromatic carbocycles.